The van der Waals surface area contributed by atoms with Gasteiger partial charge in [0.25, 0.3) is 0 Å². The van der Waals surface area contributed by atoms with E-state index >= 15 is 0 Å². The van der Waals surface area contributed by atoms with Crippen LogP contribution < -0.4 is 0 Å². The highest BCUT2D eigenvalue weighted by atomic mass is 28.5. The van der Waals surface area contributed by atoms with Gasteiger partial charge < -0.3 is 30.7 Å². The van der Waals surface area contributed by atoms with Gasteiger partial charge in [-0.1, -0.05) is 0 Å². The molecule has 1 radical (unpaired) electrons. The molecule has 0 rings (SSSR count). The van der Waals surface area contributed by atoms with Crippen molar-refractivity contribution in [3.8, 4) is 0 Å². The molecular weight excluding hydrogens is 457 g/mol. The van der Waals surface area contributed by atoms with Gasteiger partial charge in [0.1, 0.15) is 0 Å². The fraction of sp³-hybridized carbons (Fsp3) is 1.00. The van der Waals surface area contributed by atoms with Crippen LogP contribution in [0.3, 0.4) is 0 Å². The summed E-state index contributed by atoms with van der Waals surface area (Å²) in [7, 11) is -8.09. The van der Waals surface area contributed by atoms with E-state index in [0.717, 1.165) is 6.42 Å². The summed E-state index contributed by atoms with van der Waals surface area (Å²) in [6.45, 7) is 23.8. The summed E-state index contributed by atoms with van der Waals surface area (Å²) in [5.74, 6) is 0. The first-order chi connectivity index (χ1) is 13.1. The molecule has 0 bridgehead atoms. The summed E-state index contributed by atoms with van der Waals surface area (Å²) >= 11 is 0. The minimum Gasteiger partial charge on any atom is -0.437 e. The number of methoxy groups -OCH3 is 1. The quantitative estimate of drug-likeness (QED) is 0.218. The largest absolute Gasteiger partial charge is 0.437 e. The molecule has 0 aromatic heterocycles. The number of rotatable bonds is 17. The van der Waals surface area contributed by atoms with Crippen LogP contribution >= 0.6 is 0 Å². The molecule has 12 heteroatoms. The summed E-state index contributed by atoms with van der Waals surface area (Å²) in [4.78, 5) is 0. The monoisotopic (exact) mass is 501 g/mol. The minimum atomic E-state index is -2.62. The second kappa shape index (κ2) is 13.4. The lowest BCUT2D eigenvalue weighted by molar-refractivity contribution is 0.0464. The normalized spacial score (nSPS) is 15.7. The predicted octanol–water partition coefficient (Wildman–Crippen LogP) is 4.22. The van der Waals surface area contributed by atoms with Gasteiger partial charge in [-0.15, -0.1) is 0 Å². The maximum absolute atomic E-state index is 6.59. The highest BCUT2D eigenvalue weighted by molar-refractivity contribution is 6.88. The van der Waals surface area contributed by atoms with Crippen molar-refractivity contribution in [2.24, 2.45) is 0 Å². The molecule has 0 fully saturated rings. The van der Waals surface area contributed by atoms with E-state index in [0.29, 0.717) is 32.7 Å². The molecule has 0 aliphatic carbocycles. The fourth-order valence-electron chi connectivity index (χ4n) is 2.90. The Labute approximate surface area is 185 Å². The molecule has 0 aromatic carbocycles. The predicted molar refractivity (Wildman–Crippen MR) is 130 cm³/mol. The number of ether oxygens (including phenoxy) is 3. The molecule has 0 heterocycles. The van der Waals surface area contributed by atoms with E-state index in [-0.39, 0.29) is 0 Å². The zero-order valence-corrected chi connectivity index (χ0v) is 25.6. The molecule has 175 valence electrons. The first-order valence-electron chi connectivity index (χ1n) is 10.3. The fourth-order valence-corrected chi connectivity index (χ4v) is 21.4. The standard InChI is InChI=1S/C17H45O7Si5/c1-18-13-12-14-19-15-16-20-17-29(11,22-25(2)21-26(3,4)5)24-28(9,10)23-27(6,7)8/h12-17H2,1-11H3. The molecule has 0 aliphatic rings. The highest BCUT2D eigenvalue weighted by Gasteiger charge is 2.44. The maximum atomic E-state index is 6.59. The molecule has 0 spiro atoms. The third-order valence-corrected chi connectivity index (χ3v) is 18.5. The van der Waals surface area contributed by atoms with Crippen molar-refractivity contribution < 1.29 is 30.7 Å². The van der Waals surface area contributed by atoms with E-state index in [1.54, 1.807) is 7.11 Å². The molecule has 0 N–H and O–H groups in total. The van der Waals surface area contributed by atoms with Gasteiger partial charge in [-0.2, -0.15) is 0 Å². The van der Waals surface area contributed by atoms with Gasteiger partial charge in [0.15, 0.2) is 16.6 Å². The van der Waals surface area contributed by atoms with Gasteiger partial charge >= 0.3 is 26.4 Å². The molecule has 1 unspecified atom stereocenters. The van der Waals surface area contributed by atoms with E-state index in [9.17, 15) is 0 Å². The average Bonchev–Trinajstić information content (AvgIpc) is 2.44. The molecule has 0 saturated heterocycles. The topological polar surface area (TPSA) is 64.6 Å². The Hall–Kier alpha value is 0.804. The summed E-state index contributed by atoms with van der Waals surface area (Å²) < 4.78 is 42.1. The molecule has 29 heavy (non-hydrogen) atoms. The van der Waals surface area contributed by atoms with Gasteiger partial charge in [0.05, 0.1) is 19.4 Å². The van der Waals surface area contributed by atoms with E-state index in [1.807, 2.05) is 6.55 Å². The van der Waals surface area contributed by atoms with Crippen LogP contribution in [0, 0.1) is 0 Å². The van der Waals surface area contributed by atoms with Crippen LogP contribution in [0.2, 0.25) is 65.5 Å². The van der Waals surface area contributed by atoms with Crippen molar-refractivity contribution in [3.05, 3.63) is 0 Å². The van der Waals surface area contributed by atoms with Crippen LogP contribution in [-0.2, 0) is 30.7 Å². The molecule has 0 saturated carbocycles. The van der Waals surface area contributed by atoms with Crippen LogP contribution in [0.5, 0.6) is 0 Å². The van der Waals surface area contributed by atoms with E-state index in [1.165, 1.54) is 0 Å². The molecular formula is C17H45O7Si5. The Morgan fingerprint density at radius 1 is 0.655 bits per heavy atom. The third kappa shape index (κ3) is 18.1. The Morgan fingerprint density at radius 2 is 1.24 bits per heavy atom. The van der Waals surface area contributed by atoms with Crippen LogP contribution in [-0.4, -0.2) is 82.8 Å². The van der Waals surface area contributed by atoms with Crippen molar-refractivity contribution in [2.75, 3.05) is 39.8 Å². The zero-order chi connectivity index (χ0) is 22.8. The van der Waals surface area contributed by atoms with Crippen LogP contribution in [0.4, 0.5) is 0 Å². The lowest BCUT2D eigenvalue weighted by atomic mass is 10.5. The first kappa shape index (κ1) is 29.8. The van der Waals surface area contributed by atoms with Crippen molar-refractivity contribution in [3.63, 3.8) is 0 Å². The van der Waals surface area contributed by atoms with E-state index in [4.69, 9.17) is 30.7 Å². The number of hydrogen-bond acceptors (Lipinski definition) is 7. The number of hydrogen-bond donors (Lipinski definition) is 0. The molecule has 0 aliphatic heterocycles. The lowest BCUT2D eigenvalue weighted by Crippen LogP contribution is -2.58. The van der Waals surface area contributed by atoms with Gasteiger partial charge in [0.2, 0.25) is 0 Å². The van der Waals surface area contributed by atoms with Crippen LogP contribution in [0.1, 0.15) is 6.42 Å². The van der Waals surface area contributed by atoms with Crippen LogP contribution in [0.25, 0.3) is 0 Å². The van der Waals surface area contributed by atoms with E-state index < -0.39 is 43.0 Å². The molecule has 0 aromatic rings. The van der Waals surface area contributed by atoms with Crippen molar-refractivity contribution in [1.82, 2.24) is 0 Å². The van der Waals surface area contributed by atoms with Crippen molar-refractivity contribution in [2.45, 2.75) is 71.9 Å². The molecule has 0 amide bonds. The summed E-state index contributed by atoms with van der Waals surface area (Å²) in [5, 5.41) is 0. The second-order valence-corrected chi connectivity index (χ2v) is 27.7. The second-order valence-electron chi connectivity index (χ2n) is 9.67. The summed E-state index contributed by atoms with van der Waals surface area (Å²) in [6, 6.07) is 0. The molecule has 7 nitrogen and oxygen atoms in total. The lowest BCUT2D eigenvalue weighted by Gasteiger charge is -2.39. The maximum Gasteiger partial charge on any atom is 0.360 e. The van der Waals surface area contributed by atoms with Gasteiger partial charge in [0, 0.05) is 20.3 Å². The van der Waals surface area contributed by atoms with Crippen molar-refractivity contribution >= 4 is 43.0 Å². The van der Waals surface area contributed by atoms with Gasteiger partial charge in [-0.05, 0) is 71.9 Å². The molecule has 1 atom stereocenters. The highest BCUT2D eigenvalue weighted by Crippen LogP contribution is 2.23. The SMILES string of the molecule is COCCCOCCOC[Si](C)(O[Si](C)O[Si](C)(C)C)O[Si](C)(C)O[Si](C)(C)C. The van der Waals surface area contributed by atoms with E-state index in [2.05, 4.69) is 58.9 Å². The minimum absolute atomic E-state index is 0.441. The smallest absolute Gasteiger partial charge is 0.360 e. The first-order valence-corrected chi connectivity index (χ1v) is 24.3. The van der Waals surface area contributed by atoms with Crippen molar-refractivity contribution in [1.29, 1.82) is 0 Å². The summed E-state index contributed by atoms with van der Waals surface area (Å²) in [5.41, 5.74) is 0. The average molecular weight is 502 g/mol. The Morgan fingerprint density at radius 3 is 1.76 bits per heavy atom. The van der Waals surface area contributed by atoms with Gasteiger partial charge in [-0.25, -0.2) is 0 Å². The van der Waals surface area contributed by atoms with Gasteiger partial charge in [-0.3, -0.25) is 0 Å². The Bertz CT molecular complexity index is 443. The third-order valence-electron chi connectivity index (χ3n) is 3.20. The Balaban J connectivity index is 4.82. The summed E-state index contributed by atoms with van der Waals surface area (Å²) in [6.07, 6.45) is 1.33. The van der Waals surface area contributed by atoms with Crippen LogP contribution in [0.15, 0.2) is 0 Å². The zero-order valence-electron chi connectivity index (χ0n) is 20.6. The Kier molecular flexibility index (Phi) is 13.7.